The second kappa shape index (κ2) is 10.9. The Bertz CT molecular complexity index is 456. The fraction of sp³-hybridized carbons (Fsp3) is 0.588. The summed E-state index contributed by atoms with van der Waals surface area (Å²) >= 11 is 0. The summed E-state index contributed by atoms with van der Waals surface area (Å²) in [5, 5.41) is 0. The van der Waals surface area contributed by atoms with Crippen molar-refractivity contribution in [1.82, 2.24) is 9.80 Å². The third-order valence-corrected chi connectivity index (χ3v) is 4.09. The Morgan fingerprint density at radius 1 is 1.26 bits per heavy atom. The van der Waals surface area contributed by atoms with Crippen LogP contribution in [0.15, 0.2) is 30.3 Å². The summed E-state index contributed by atoms with van der Waals surface area (Å²) in [6, 6.07) is 10.9. The predicted molar refractivity (Wildman–Crippen MR) is 100 cm³/mol. The molecule has 1 fully saturated rings. The molecule has 6 heteroatoms. The van der Waals surface area contributed by atoms with Crippen LogP contribution in [-0.2, 0) is 11.3 Å². The number of benzene rings is 1. The predicted octanol–water partition coefficient (Wildman–Crippen LogP) is 2.69. The van der Waals surface area contributed by atoms with Crippen LogP contribution in [0, 0.1) is 0 Å². The van der Waals surface area contributed by atoms with Crippen molar-refractivity contribution in [3.63, 3.8) is 0 Å². The number of hydrogen-bond donors (Lipinski definition) is 1. The van der Waals surface area contributed by atoms with Gasteiger partial charge in [-0.2, -0.15) is 0 Å². The molecule has 1 amide bonds. The van der Waals surface area contributed by atoms with Crippen molar-refractivity contribution in [1.29, 1.82) is 0 Å². The van der Waals surface area contributed by atoms with Crippen molar-refractivity contribution >= 4 is 30.7 Å². The zero-order chi connectivity index (χ0) is 15.2. The van der Waals surface area contributed by atoms with Crippen LogP contribution >= 0.6 is 24.8 Å². The van der Waals surface area contributed by atoms with Gasteiger partial charge in [0.2, 0.25) is 5.91 Å². The van der Waals surface area contributed by atoms with E-state index in [2.05, 4.69) is 36.1 Å². The van der Waals surface area contributed by atoms with Crippen LogP contribution in [0.1, 0.15) is 32.3 Å². The maximum atomic E-state index is 12.2. The van der Waals surface area contributed by atoms with Gasteiger partial charge in [0.15, 0.2) is 0 Å². The van der Waals surface area contributed by atoms with Gasteiger partial charge in [0.1, 0.15) is 0 Å². The fourth-order valence-electron chi connectivity index (χ4n) is 2.88. The molecule has 23 heavy (non-hydrogen) atoms. The Morgan fingerprint density at radius 3 is 2.48 bits per heavy atom. The first-order chi connectivity index (χ1) is 10.1. The Hall–Kier alpha value is -0.810. The van der Waals surface area contributed by atoms with Gasteiger partial charge in [-0.25, -0.2) is 0 Å². The molecule has 2 rings (SSSR count). The lowest BCUT2D eigenvalue weighted by molar-refractivity contribution is -0.135. The zero-order valence-electron chi connectivity index (χ0n) is 14.0. The maximum absolute atomic E-state index is 12.2. The van der Waals surface area contributed by atoms with E-state index >= 15 is 0 Å². The van der Waals surface area contributed by atoms with Gasteiger partial charge in [-0.1, -0.05) is 30.3 Å². The molecule has 1 aromatic carbocycles. The molecule has 0 spiro atoms. The molecular weight excluding hydrogens is 333 g/mol. The Morgan fingerprint density at radius 2 is 1.91 bits per heavy atom. The molecule has 2 atom stereocenters. The lowest BCUT2D eigenvalue weighted by atomic mass is 10.1. The van der Waals surface area contributed by atoms with E-state index in [1.54, 1.807) is 0 Å². The molecule has 0 radical (unpaired) electrons. The number of hydrogen-bond acceptors (Lipinski definition) is 3. The standard InChI is InChI=1S/C17H27N3O.2ClH/c1-14(18)8-9-17(21)20-11-10-19(12-15(20)2)13-16-6-4-3-5-7-16;;/h3-7,14-15H,8-13,18H2,1-2H3;2*1H. The van der Waals surface area contributed by atoms with E-state index in [1.165, 1.54) is 5.56 Å². The number of piperazine rings is 1. The van der Waals surface area contributed by atoms with Gasteiger partial charge in [-0.3, -0.25) is 9.69 Å². The third-order valence-electron chi connectivity index (χ3n) is 4.09. The average molecular weight is 362 g/mol. The molecule has 0 aliphatic carbocycles. The van der Waals surface area contributed by atoms with Crippen molar-refractivity contribution in [2.24, 2.45) is 5.73 Å². The van der Waals surface area contributed by atoms with Crippen molar-refractivity contribution in [3.05, 3.63) is 35.9 Å². The zero-order valence-corrected chi connectivity index (χ0v) is 15.6. The first kappa shape index (κ1) is 22.2. The van der Waals surface area contributed by atoms with E-state index in [1.807, 2.05) is 17.9 Å². The van der Waals surface area contributed by atoms with Crippen LogP contribution in [-0.4, -0.2) is 47.4 Å². The van der Waals surface area contributed by atoms with Gasteiger partial charge < -0.3 is 10.6 Å². The van der Waals surface area contributed by atoms with Gasteiger partial charge in [-0.05, 0) is 25.8 Å². The number of nitrogens with two attached hydrogens (primary N) is 1. The number of carbonyl (C=O) groups excluding carboxylic acids is 1. The van der Waals surface area contributed by atoms with Crippen LogP contribution in [0.25, 0.3) is 0 Å². The van der Waals surface area contributed by atoms with Crippen molar-refractivity contribution in [2.75, 3.05) is 19.6 Å². The van der Waals surface area contributed by atoms with E-state index in [0.29, 0.717) is 6.42 Å². The van der Waals surface area contributed by atoms with Gasteiger partial charge in [0.05, 0.1) is 0 Å². The van der Waals surface area contributed by atoms with E-state index in [4.69, 9.17) is 5.73 Å². The van der Waals surface area contributed by atoms with Crippen LogP contribution in [0.3, 0.4) is 0 Å². The molecule has 4 nitrogen and oxygen atoms in total. The maximum Gasteiger partial charge on any atom is 0.222 e. The minimum absolute atomic E-state index is 0. The molecule has 0 aromatic heterocycles. The third kappa shape index (κ3) is 7.08. The molecule has 0 saturated carbocycles. The van der Waals surface area contributed by atoms with E-state index in [0.717, 1.165) is 32.6 Å². The summed E-state index contributed by atoms with van der Waals surface area (Å²) in [6.45, 7) is 7.77. The highest BCUT2D eigenvalue weighted by molar-refractivity contribution is 5.85. The van der Waals surface area contributed by atoms with E-state index in [-0.39, 0.29) is 42.8 Å². The summed E-state index contributed by atoms with van der Waals surface area (Å²) < 4.78 is 0. The van der Waals surface area contributed by atoms with Crippen molar-refractivity contribution < 1.29 is 4.79 Å². The molecule has 2 unspecified atom stereocenters. The lowest BCUT2D eigenvalue weighted by Gasteiger charge is -2.40. The number of carbonyl (C=O) groups is 1. The van der Waals surface area contributed by atoms with Gasteiger partial charge in [0, 0.05) is 44.7 Å². The number of amides is 1. The van der Waals surface area contributed by atoms with E-state index < -0.39 is 0 Å². The van der Waals surface area contributed by atoms with Crippen molar-refractivity contribution in [2.45, 2.75) is 45.3 Å². The molecular formula is C17H29Cl2N3O. The van der Waals surface area contributed by atoms with E-state index in [9.17, 15) is 4.79 Å². The normalized spacial score (nSPS) is 19.4. The average Bonchev–Trinajstić information content (AvgIpc) is 2.46. The molecule has 2 N–H and O–H groups in total. The van der Waals surface area contributed by atoms with Crippen LogP contribution in [0.5, 0.6) is 0 Å². The quantitative estimate of drug-likeness (QED) is 0.876. The van der Waals surface area contributed by atoms with Gasteiger partial charge >= 0.3 is 0 Å². The summed E-state index contributed by atoms with van der Waals surface area (Å²) in [5.74, 6) is 0.249. The number of nitrogens with zero attached hydrogens (tertiary/aromatic N) is 2. The summed E-state index contributed by atoms with van der Waals surface area (Å²) in [7, 11) is 0. The number of rotatable bonds is 5. The summed E-state index contributed by atoms with van der Waals surface area (Å²) in [6.07, 6.45) is 1.34. The molecule has 1 aromatic rings. The van der Waals surface area contributed by atoms with Crippen LogP contribution < -0.4 is 5.73 Å². The lowest BCUT2D eigenvalue weighted by Crippen LogP contribution is -2.53. The number of halogens is 2. The molecule has 0 bridgehead atoms. The van der Waals surface area contributed by atoms with Crippen LogP contribution in [0.2, 0.25) is 0 Å². The highest BCUT2D eigenvalue weighted by atomic mass is 35.5. The van der Waals surface area contributed by atoms with Gasteiger partial charge in [0.25, 0.3) is 0 Å². The second-order valence-corrected chi connectivity index (χ2v) is 6.17. The summed E-state index contributed by atoms with van der Waals surface area (Å²) in [5.41, 5.74) is 7.07. The fourth-order valence-corrected chi connectivity index (χ4v) is 2.88. The highest BCUT2D eigenvalue weighted by Crippen LogP contribution is 2.14. The second-order valence-electron chi connectivity index (χ2n) is 6.17. The molecule has 1 heterocycles. The van der Waals surface area contributed by atoms with Crippen LogP contribution in [0.4, 0.5) is 0 Å². The largest absolute Gasteiger partial charge is 0.337 e. The molecule has 1 aliphatic heterocycles. The minimum Gasteiger partial charge on any atom is -0.337 e. The molecule has 1 saturated heterocycles. The Labute approximate surface area is 152 Å². The topological polar surface area (TPSA) is 49.6 Å². The van der Waals surface area contributed by atoms with Gasteiger partial charge in [-0.15, -0.1) is 24.8 Å². The Balaban J connectivity index is 0.00000242. The van der Waals surface area contributed by atoms with Crippen molar-refractivity contribution in [3.8, 4) is 0 Å². The first-order valence-electron chi connectivity index (χ1n) is 7.87. The SMILES string of the molecule is CC(N)CCC(=O)N1CCN(Cc2ccccc2)CC1C.Cl.Cl. The Kier molecular flexibility index (Phi) is 10.5. The minimum atomic E-state index is 0. The highest BCUT2D eigenvalue weighted by Gasteiger charge is 2.26. The first-order valence-corrected chi connectivity index (χ1v) is 7.87. The molecule has 132 valence electrons. The monoisotopic (exact) mass is 361 g/mol. The smallest absolute Gasteiger partial charge is 0.222 e. The summed E-state index contributed by atoms with van der Waals surface area (Å²) in [4.78, 5) is 16.7. The molecule has 1 aliphatic rings.